The quantitative estimate of drug-likeness (QED) is 0.177. The molecule has 0 atom stereocenters. The van der Waals surface area contributed by atoms with E-state index in [0.717, 1.165) is 58.1 Å². The Morgan fingerprint density at radius 2 is 0.881 bits per heavy atom. The number of aromatic nitrogens is 4. The van der Waals surface area contributed by atoms with Crippen molar-refractivity contribution in [2.24, 2.45) is 0 Å². The van der Waals surface area contributed by atoms with E-state index in [0.29, 0.717) is 13.1 Å². The van der Waals surface area contributed by atoms with Gasteiger partial charge in [-0.15, -0.1) is 0 Å². The van der Waals surface area contributed by atoms with Crippen molar-refractivity contribution in [2.75, 3.05) is 13.1 Å². The maximum Gasteiger partial charge on any atom is 0.123 e. The summed E-state index contributed by atoms with van der Waals surface area (Å²) in [5.41, 5.74) is 7.33. The van der Waals surface area contributed by atoms with Crippen molar-refractivity contribution in [1.82, 2.24) is 30.2 Å². The molecular formula is C34H30F2N6. The van der Waals surface area contributed by atoms with Crippen LogP contribution in [0.2, 0.25) is 0 Å². The number of benzene rings is 4. The van der Waals surface area contributed by atoms with E-state index in [1.807, 2.05) is 82.4 Å². The Bertz CT molecular complexity index is 1600. The van der Waals surface area contributed by atoms with Crippen LogP contribution in [0, 0.1) is 11.6 Å². The van der Waals surface area contributed by atoms with Crippen molar-refractivity contribution in [3.8, 4) is 33.9 Å². The average Bonchev–Trinajstić information content (AvgIpc) is 3.66. The second-order valence-electron chi connectivity index (χ2n) is 9.93. The van der Waals surface area contributed by atoms with Crippen molar-refractivity contribution in [3.05, 3.63) is 144 Å². The maximum absolute atomic E-state index is 13.6. The van der Waals surface area contributed by atoms with Crippen LogP contribution < -0.4 is 10.6 Å². The van der Waals surface area contributed by atoms with E-state index >= 15 is 0 Å². The van der Waals surface area contributed by atoms with Gasteiger partial charge in [0.2, 0.25) is 0 Å². The molecule has 2 N–H and O–H groups in total. The summed E-state index contributed by atoms with van der Waals surface area (Å²) in [4.78, 5) is 0. The van der Waals surface area contributed by atoms with Gasteiger partial charge in [0.15, 0.2) is 0 Å². The van der Waals surface area contributed by atoms with Crippen molar-refractivity contribution in [2.45, 2.75) is 13.1 Å². The van der Waals surface area contributed by atoms with Gasteiger partial charge in [-0.1, -0.05) is 36.4 Å². The molecule has 42 heavy (non-hydrogen) atoms. The Hall–Kier alpha value is -4.92. The van der Waals surface area contributed by atoms with Crippen LogP contribution in [0.1, 0.15) is 11.1 Å². The molecule has 6 rings (SSSR count). The van der Waals surface area contributed by atoms with Gasteiger partial charge in [0, 0.05) is 60.8 Å². The SMILES string of the molecule is Fc1ccc(-c2nn(-c3ccccc3)cc2CNCCNCc2cn(-c3ccccc3)nc2-c2ccc(F)cc2)cc1. The van der Waals surface area contributed by atoms with Crippen molar-refractivity contribution >= 4 is 0 Å². The van der Waals surface area contributed by atoms with Crippen LogP contribution in [0.4, 0.5) is 8.78 Å². The van der Waals surface area contributed by atoms with Gasteiger partial charge in [0.05, 0.1) is 22.8 Å². The van der Waals surface area contributed by atoms with Crippen LogP contribution >= 0.6 is 0 Å². The lowest BCUT2D eigenvalue weighted by Gasteiger charge is -2.08. The predicted molar refractivity (Wildman–Crippen MR) is 161 cm³/mol. The third-order valence-electron chi connectivity index (χ3n) is 6.97. The van der Waals surface area contributed by atoms with Crippen LogP contribution in [0.5, 0.6) is 0 Å². The summed E-state index contributed by atoms with van der Waals surface area (Å²) in [6.07, 6.45) is 4.03. The van der Waals surface area contributed by atoms with E-state index in [-0.39, 0.29) is 11.6 Å². The lowest BCUT2D eigenvalue weighted by Crippen LogP contribution is -2.26. The highest BCUT2D eigenvalue weighted by Crippen LogP contribution is 2.25. The Balaban J connectivity index is 1.11. The molecule has 210 valence electrons. The van der Waals surface area contributed by atoms with Crippen LogP contribution in [-0.2, 0) is 13.1 Å². The highest BCUT2D eigenvalue weighted by molar-refractivity contribution is 5.64. The van der Waals surface area contributed by atoms with Gasteiger partial charge in [0.25, 0.3) is 0 Å². The molecule has 4 aromatic carbocycles. The first-order valence-electron chi connectivity index (χ1n) is 13.9. The zero-order valence-corrected chi connectivity index (χ0v) is 22.9. The van der Waals surface area contributed by atoms with Gasteiger partial charge in [-0.3, -0.25) is 0 Å². The minimum atomic E-state index is -0.274. The fourth-order valence-corrected chi connectivity index (χ4v) is 4.83. The first kappa shape index (κ1) is 27.3. The third-order valence-corrected chi connectivity index (χ3v) is 6.97. The molecule has 0 unspecified atom stereocenters. The summed E-state index contributed by atoms with van der Waals surface area (Å²) < 4.78 is 30.9. The number of nitrogens with one attached hydrogen (secondary N) is 2. The molecule has 0 aliphatic carbocycles. The molecule has 0 spiro atoms. The van der Waals surface area contributed by atoms with E-state index in [1.54, 1.807) is 24.3 Å². The van der Waals surface area contributed by atoms with Crippen LogP contribution in [0.25, 0.3) is 33.9 Å². The van der Waals surface area contributed by atoms with Gasteiger partial charge < -0.3 is 10.6 Å². The molecule has 6 aromatic rings. The number of para-hydroxylation sites is 2. The lowest BCUT2D eigenvalue weighted by atomic mass is 10.1. The highest BCUT2D eigenvalue weighted by atomic mass is 19.1. The summed E-state index contributed by atoms with van der Waals surface area (Å²) in [6.45, 7) is 2.65. The lowest BCUT2D eigenvalue weighted by molar-refractivity contribution is 0.611. The maximum atomic E-state index is 13.6. The summed E-state index contributed by atoms with van der Waals surface area (Å²) in [7, 11) is 0. The van der Waals surface area contributed by atoms with Crippen molar-refractivity contribution in [3.63, 3.8) is 0 Å². The van der Waals surface area contributed by atoms with E-state index in [4.69, 9.17) is 10.2 Å². The zero-order chi connectivity index (χ0) is 28.7. The molecule has 0 bridgehead atoms. The Morgan fingerprint density at radius 1 is 0.500 bits per heavy atom. The summed E-state index contributed by atoms with van der Waals surface area (Å²) in [5, 5.41) is 16.6. The van der Waals surface area contributed by atoms with Gasteiger partial charge in [-0.05, 0) is 72.8 Å². The molecule has 8 heteroatoms. The standard InChI is InChI=1S/C34H30F2N6/c35-29-15-11-25(12-16-29)33-27(23-41(39-33)31-7-3-1-4-8-31)21-37-19-20-38-22-28-24-42(32-9-5-2-6-10-32)40-34(28)26-13-17-30(36)18-14-26/h1-18,23-24,37-38H,19-22H2. The van der Waals surface area contributed by atoms with Crippen LogP contribution in [-0.4, -0.2) is 32.7 Å². The molecule has 2 heterocycles. The third kappa shape index (κ3) is 6.35. The fraction of sp³-hybridized carbons (Fsp3) is 0.118. The first-order valence-corrected chi connectivity index (χ1v) is 13.9. The molecule has 0 fully saturated rings. The monoisotopic (exact) mass is 560 g/mol. The Kier molecular flexibility index (Phi) is 8.26. The van der Waals surface area contributed by atoms with E-state index in [9.17, 15) is 8.78 Å². The summed E-state index contributed by atoms with van der Waals surface area (Å²) in [6, 6.07) is 32.7. The second-order valence-corrected chi connectivity index (χ2v) is 9.93. The number of halogens is 2. The number of hydrogen-bond donors (Lipinski definition) is 2. The first-order chi connectivity index (χ1) is 20.6. The minimum absolute atomic E-state index is 0.274. The largest absolute Gasteiger partial charge is 0.311 e. The molecule has 2 aromatic heterocycles. The molecule has 6 nitrogen and oxygen atoms in total. The normalized spacial score (nSPS) is 11.2. The van der Waals surface area contributed by atoms with Crippen LogP contribution in [0.3, 0.4) is 0 Å². The molecule has 0 aliphatic rings. The fourth-order valence-electron chi connectivity index (χ4n) is 4.83. The Labute approximate surface area is 243 Å². The van der Waals surface area contributed by atoms with Gasteiger partial charge in [-0.2, -0.15) is 10.2 Å². The molecule has 0 aliphatic heterocycles. The average molecular weight is 561 g/mol. The molecular weight excluding hydrogens is 530 g/mol. The minimum Gasteiger partial charge on any atom is -0.311 e. The van der Waals surface area contributed by atoms with Crippen molar-refractivity contribution in [1.29, 1.82) is 0 Å². The molecule has 0 saturated heterocycles. The second kappa shape index (κ2) is 12.7. The Morgan fingerprint density at radius 3 is 1.26 bits per heavy atom. The van der Waals surface area contributed by atoms with Gasteiger partial charge in [0.1, 0.15) is 11.6 Å². The van der Waals surface area contributed by atoms with E-state index < -0.39 is 0 Å². The van der Waals surface area contributed by atoms with Crippen LogP contribution in [0.15, 0.2) is 122 Å². The summed E-state index contributed by atoms with van der Waals surface area (Å²) >= 11 is 0. The number of nitrogens with zero attached hydrogens (tertiary/aromatic N) is 4. The predicted octanol–water partition coefficient (Wildman–Crippen LogP) is 6.55. The number of hydrogen-bond acceptors (Lipinski definition) is 4. The summed E-state index contributed by atoms with van der Waals surface area (Å²) in [5.74, 6) is -0.548. The highest BCUT2D eigenvalue weighted by Gasteiger charge is 2.14. The van der Waals surface area contributed by atoms with Crippen molar-refractivity contribution < 1.29 is 8.78 Å². The molecule has 0 amide bonds. The van der Waals surface area contributed by atoms with Gasteiger partial charge >= 0.3 is 0 Å². The van der Waals surface area contributed by atoms with E-state index in [2.05, 4.69) is 10.6 Å². The molecule has 0 saturated carbocycles. The number of rotatable bonds is 11. The smallest absolute Gasteiger partial charge is 0.123 e. The molecule has 0 radical (unpaired) electrons. The van der Waals surface area contributed by atoms with E-state index in [1.165, 1.54) is 24.3 Å². The topological polar surface area (TPSA) is 59.7 Å². The zero-order valence-electron chi connectivity index (χ0n) is 22.9. The van der Waals surface area contributed by atoms with Gasteiger partial charge in [-0.25, -0.2) is 18.1 Å².